The summed E-state index contributed by atoms with van der Waals surface area (Å²) in [5, 5.41) is 5.79. The van der Waals surface area contributed by atoms with Crippen molar-refractivity contribution in [3.05, 3.63) is 58.6 Å². The summed E-state index contributed by atoms with van der Waals surface area (Å²) in [6, 6.07) is 9.43. The number of H-pyrrole nitrogens is 1. The molecule has 0 aliphatic rings. The van der Waals surface area contributed by atoms with Crippen LogP contribution in [0.15, 0.2) is 47.5 Å². The van der Waals surface area contributed by atoms with Gasteiger partial charge in [0.15, 0.2) is 0 Å². The molecule has 0 saturated carbocycles. The molecule has 3 aromatic rings. The minimum absolute atomic E-state index is 0.0914. The van der Waals surface area contributed by atoms with Gasteiger partial charge in [0, 0.05) is 11.6 Å². The van der Waals surface area contributed by atoms with E-state index in [4.69, 9.17) is 0 Å². The number of aromatic amines is 1. The molecule has 1 aromatic carbocycles. The van der Waals surface area contributed by atoms with Crippen molar-refractivity contribution >= 4 is 10.8 Å². The Kier molecular flexibility index (Phi) is 2.08. The number of aromatic nitrogens is 3. The molecule has 0 radical (unpaired) electrons. The van der Waals surface area contributed by atoms with Gasteiger partial charge in [0.1, 0.15) is 5.82 Å². The first kappa shape index (κ1) is 9.84. The minimum atomic E-state index is -0.0914. The van der Waals surface area contributed by atoms with Crippen LogP contribution in [-0.2, 0) is 0 Å². The molecule has 3 rings (SSSR count). The van der Waals surface area contributed by atoms with Crippen LogP contribution in [-0.4, -0.2) is 14.8 Å². The zero-order valence-electron chi connectivity index (χ0n) is 9.34. The second-order valence-corrected chi connectivity index (χ2v) is 4.03. The number of benzene rings is 1. The Hall–Kier alpha value is -2.36. The highest BCUT2D eigenvalue weighted by Gasteiger charge is 2.03. The third-order valence-electron chi connectivity index (χ3n) is 2.70. The fraction of sp³-hybridized carbons (Fsp3) is 0.0769. The van der Waals surface area contributed by atoms with E-state index in [-0.39, 0.29) is 5.56 Å². The maximum Gasteiger partial charge on any atom is 0.257 e. The van der Waals surface area contributed by atoms with Gasteiger partial charge in [-0.05, 0) is 30.0 Å². The van der Waals surface area contributed by atoms with Crippen LogP contribution < -0.4 is 5.56 Å². The average Bonchev–Trinajstić information content (AvgIpc) is 2.76. The van der Waals surface area contributed by atoms with Gasteiger partial charge in [0.2, 0.25) is 0 Å². The molecule has 0 aliphatic carbocycles. The normalized spacial score (nSPS) is 10.9. The van der Waals surface area contributed by atoms with Crippen LogP contribution in [0.2, 0.25) is 0 Å². The van der Waals surface area contributed by atoms with Crippen molar-refractivity contribution in [1.29, 1.82) is 0 Å². The summed E-state index contributed by atoms with van der Waals surface area (Å²) < 4.78 is 1.67. The van der Waals surface area contributed by atoms with Gasteiger partial charge in [-0.2, -0.15) is 5.10 Å². The number of hydrogen-bond donors (Lipinski definition) is 1. The summed E-state index contributed by atoms with van der Waals surface area (Å²) in [6.07, 6.45) is 3.63. The van der Waals surface area contributed by atoms with Gasteiger partial charge < -0.3 is 4.98 Å². The summed E-state index contributed by atoms with van der Waals surface area (Å²) in [5.74, 6) is 0.682. The molecule has 0 unspecified atom stereocenters. The second kappa shape index (κ2) is 3.59. The van der Waals surface area contributed by atoms with Gasteiger partial charge >= 0.3 is 0 Å². The number of hydrogen-bond acceptors (Lipinski definition) is 2. The van der Waals surface area contributed by atoms with E-state index in [2.05, 4.69) is 10.1 Å². The van der Waals surface area contributed by atoms with E-state index in [1.165, 1.54) is 0 Å². The Balaban J connectivity index is 2.29. The summed E-state index contributed by atoms with van der Waals surface area (Å²) >= 11 is 0. The van der Waals surface area contributed by atoms with Gasteiger partial charge in [0.05, 0.1) is 6.20 Å². The van der Waals surface area contributed by atoms with E-state index in [0.717, 1.165) is 10.9 Å². The van der Waals surface area contributed by atoms with Crippen LogP contribution in [0, 0.1) is 6.92 Å². The number of nitrogens with one attached hydrogen (secondary N) is 1. The predicted octanol–water partition coefficient (Wildman–Crippen LogP) is 2.02. The van der Waals surface area contributed by atoms with Crippen LogP contribution in [0.1, 0.15) is 5.56 Å². The maximum absolute atomic E-state index is 11.9. The van der Waals surface area contributed by atoms with Crippen LogP contribution >= 0.6 is 0 Å². The third kappa shape index (κ3) is 1.63. The number of fused-ring (bicyclic) bond motifs is 1. The average molecular weight is 225 g/mol. The van der Waals surface area contributed by atoms with Gasteiger partial charge in [-0.15, -0.1) is 0 Å². The molecule has 0 atom stereocenters. The first-order valence-electron chi connectivity index (χ1n) is 5.38. The highest BCUT2D eigenvalue weighted by Crippen LogP contribution is 2.12. The lowest BCUT2D eigenvalue weighted by atomic mass is 10.2. The molecular weight excluding hydrogens is 214 g/mol. The first-order valence-corrected chi connectivity index (χ1v) is 5.38. The van der Waals surface area contributed by atoms with Crippen LogP contribution in [0.25, 0.3) is 16.6 Å². The quantitative estimate of drug-likeness (QED) is 0.688. The largest absolute Gasteiger partial charge is 0.306 e. The van der Waals surface area contributed by atoms with Crippen molar-refractivity contribution in [2.75, 3.05) is 0 Å². The Morgan fingerprint density at radius 2 is 2.12 bits per heavy atom. The third-order valence-corrected chi connectivity index (χ3v) is 2.70. The Morgan fingerprint density at radius 3 is 2.88 bits per heavy atom. The molecule has 0 spiro atoms. The highest BCUT2D eigenvalue weighted by molar-refractivity contribution is 5.82. The molecule has 0 aliphatic heterocycles. The van der Waals surface area contributed by atoms with Crippen LogP contribution in [0.4, 0.5) is 0 Å². The molecular formula is C13H11N3O. The Morgan fingerprint density at radius 1 is 1.29 bits per heavy atom. The topological polar surface area (TPSA) is 50.7 Å². The summed E-state index contributed by atoms with van der Waals surface area (Å²) in [7, 11) is 0. The van der Waals surface area contributed by atoms with Crippen molar-refractivity contribution in [1.82, 2.24) is 14.8 Å². The lowest BCUT2D eigenvalue weighted by Gasteiger charge is -2.03. The second-order valence-electron chi connectivity index (χ2n) is 4.03. The number of aryl methyl sites for hydroxylation is 1. The summed E-state index contributed by atoms with van der Waals surface area (Å²) in [4.78, 5) is 14.7. The monoisotopic (exact) mass is 225 g/mol. The SMILES string of the molecule is Cc1cnn(-c2cc3ccccc3c(=O)[nH]2)c1. The van der Waals surface area contributed by atoms with Crippen molar-refractivity contribution in [2.45, 2.75) is 6.92 Å². The van der Waals surface area contributed by atoms with Crippen molar-refractivity contribution < 1.29 is 0 Å². The molecule has 4 heteroatoms. The Labute approximate surface area is 97.5 Å². The lowest BCUT2D eigenvalue weighted by molar-refractivity contribution is 0.844. The van der Waals surface area contributed by atoms with Gasteiger partial charge in [0.25, 0.3) is 5.56 Å². The lowest BCUT2D eigenvalue weighted by Crippen LogP contribution is -2.11. The fourth-order valence-electron chi connectivity index (χ4n) is 1.86. The number of rotatable bonds is 1. The fourth-order valence-corrected chi connectivity index (χ4v) is 1.86. The summed E-state index contributed by atoms with van der Waals surface area (Å²) in [5.41, 5.74) is 0.963. The van der Waals surface area contributed by atoms with E-state index in [1.54, 1.807) is 10.9 Å². The van der Waals surface area contributed by atoms with Crippen molar-refractivity contribution in [2.24, 2.45) is 0 Å². The highest BCUT2D eigenvalue weighted by atomic mass is 16.1. The molecule has 84 valence electrons. The summed E-state index contributed by atoms with van der Waals surface area (Å²) in [6.45, 7) is 1.96. The van der Waals surface area contributed by atoms with E-state index >= 15 is 0 Å². The van der Waals surface area contributed by atoms with E-state index in [1.807, 2.05) is 43.5 Å². The molecule has 2 heterocycles. The van der Waals surface area contributed by atoms with Crippen molar-refractivity contribution in [3.8, 4) is 5.82 Å². The van der Waals surface area contributed by atoms with E-state index in [0.29, 0.717) is 11.2 Å². The standard InChI is InChI=1S/C13H11N3O/c1-9-7-14-16(8-9)12-6-10-4-2-3-5-11(10)13(17)15-12/h2-8H,1H3,(H,15,17). The smallest absolute Gasteiger partial charge is 0.257 e. The minimum Gasteiger partial charge on any atom is -0.306 e. The number of pyridine rings is 1. The molecule has 4 nitrogen and oxygen atoms in total. The zero-order chi connectivity index (χ0) is 11.8. The zero-order valence-corrected chi connectivity index (χ0v) is 9.34. The van der Waals surface area contributed by atoms with Crippen molar-refractivity contribution in [3.63, 3.8) is 0 Å². The molecule has 1 N–H and O–H groups in total. The molecule has 0 bridgehead atoms. The molecule has 0 fully saturated rings. The van der Waals surface area contributed by atoms with E-state index in [9.17, 15) is 4.79 Å². The first-order chi connectivity index (χ1) is 8.24. The van der Waals surface area contributed by atoms with Gasteiger partial charge in [-0.25, -0.2) is 4.68 Å². The van der Waals surface area contributed by atoms with Gasteiger partial charge in [-0.3, -0.25) is 4.79 Å². The Bertz CT molecular complexity index is 740. The van der Waals surface area contributed by atoms with E-state index < -0.39 is 0 Å². The maximum atomic E-state index is 11.9. The molecule has 0 amide bonds. The van der Waals surface area contributed by atoms with Crippen LogP contribution in [0.3, 0.4) is 0 Å². The number of nitrogens with zero attached hydrogens (tertiary/aromatic N) is 2. The molecule has 2 aromatic heterocycles. The van der Waals surface area contributed by atoms with Gasteiger partial charge in [-0.1, -0.05) is 18.2 Å². The van der Waals surface area contributed by atoms with Crippen LogP contribution in [0.5, 0.6) is 0 Å². The predicted molar refractivity (Wildman–Crippen MR) is 66.4 cm³/mol. The molecule has 0 saturated heterocycles. The molecule has 17 heavy (non-hydrogen) atoms.